The number of anilines is 1. The lowest BCUT2D eigenvalue weighted by atomic mass is 10.0. The number of nitrogens with zero attached hydrogens (tertiary/aromatic N) is 1. The minimum Gasteiger partial charge on any atom is -0.497 e. The maximum atomic E-state index is 5.83. The van der Waals surface area contributed by atoms with Crippen molar-refractivity contribution in [1.29, 1.82) is 0 Å². The van der Waals surface area contributed by atoms with Crippen molar-refractivity contribution in [2.45, 2.75) is 6.61 Å². The number of hydrogen-bond acceptors (Lipinski definition) is 4. The van der Waals surface area contributed by atoms with Gasteiger partial charge in [0.15, 0.2) is 0 Å². The van der Waals surface area contributed by atoms with E-state index in [2.05, 4.69) is 10.2 Å². The van der Waals surface area contributed by atoms with Crippen LogP contribution in [-0.4, -0.2) is 24.4 Å². The summed E-state index contributed by atoms with van der Waals surface area (Å²) in [6.07, 6.45) is 1.70. The van der Waals surface area contributed by atoms with Crippen molar-refractivity contribution in [3.05, 3.63) is 30.0 Å². The van der Waals surface area contributed by atoms with Gasteiger partial charge in [-0.3, -0.25) is 5.10 Å². The number of methoxy groups -OCH3 is 2. The van der Waals surface area contributed by atoms with Crippen molar-refractivity contribution in [2.75, 3.05) is 20.0 Å². The lowest BCUT2D eigenvalue weighted by molar-refractivity contribution is 0.185. The number of ether oxygens (including phenoxy) is 2. The maximum absolute atomic E-state index is 5.83. The second kappa shape index (κ2) is 4.88. The first kappa shape index (κ1) is 11.5. The Balaban J connectivity index is 2.52. The second-order valence-electron chi connectivity index (χ2n) is 3.65. The Labute approximate surface area is 99.5 Å². The summed E-state index contributed by atoms with van der Waals surface area (Å²) in [5, 5.41) is 6.64. The Morgan fingerprint density at radius 2 is 2.12 bits per heavy atom. The van der Waals surface area contributed by atoms with Gasteiger partial charge in [-0.15, -0.1) is 0 Å². The summed E-state index contributed by atoms with van der Waals surface area (Å²) in [5.41, 5.74) is 8.70. The molecule has 0 aliphatic heterocycles. The number of benzene rings is 1. The Bertz CT molecular complexity index is 508. The zero-order valence-corrected chi connectivity index (χ0v) is 9.86. The van der Waals surface area contributed by atoms with Gasteiger partial charge >= 0.3 is 0 Å². The Morgan fingerprint density at radius 3 is 2.71 bits per heavy atom. The Hall–Kier alpha value is -2.01. The van der Waals surface area contributed by atoms with E-state index in [1.54, 1.807) is 20.4 Å². The van der Waals surface area contributed by atoms with Crippen LogP contribution in [0.25, 0.3) is 11.1 Å². The summed E-state index contributed by atoms with van der Waals surface area (Å²) in [6.45, 7) is 0.518. The number of rotatable bonds is 4. The molecule has 2 aromatic rings. The van der Waals surface area contributed by atoms with Gasteiger partial charge in [0, 0.05) is 12.7 Å². The lowest BCUT2D eigenvalue weighted by Crippen LogP contribution is -1.95. The quantitative estimate of drug-likeness (QED) is 0.844. The molecule has 3 N–H and O–H groups in total. The summed E-state index contributed by atoms with van der Waals surface area (Å²) in [6, 6.07) is 5.79. The number of H-pyrrole nitrogens is 1. The van der Waals surface area contributed by atoms with E-state index < -0.39 is 0 Å². The lowest BCUT2D eigenvalue weighted by Gasteiger charge is -2.10. The standard InChI is InChI=1S/C12H15N3O2/c1-16-7-8-3-4-9(17-2)5-10(8)11-6-14-15-12(11)13/h3-6H,7H2,1-2H3,(H3,13,14,15). The molecule has 0 fully saturated rings. The molecule has 17 heavy (non-hydrogen) atoms. The first-order valence-corrected chi connectivity index (χ1v) is 5.21. The SMILES string of the molecule is COCc1ccc(OC)cc1-c1cn[nH]c1N. The van der Waals surface area contributed by atoms with Crippen LogP contribution in [0.5, 0.6) is 5.75 Å². The molecular formula is C12H15N3O2. The average Bonchev–Trinajstić information content (AvgIpc) is 2.76. The summed E-state index contributed by atoms with van der Waals surface area (Å²) < 4.78 is 10.4. The molecule has 5 nitrogen and oxygen atoms in total. The van der Waals surface area contributed by atoms with E-state index in [4.69, 9.17) is 15.2 Å². The molecule has 1 aromatic heterocycles. The molecule has 0 saturated heterocycles. The van der Waals surface area contributed by atoms with Crippen molar-refractivity contribution in [1.82, 2.24) is 10.2 Å². The fourth-order valence-electron chi connectivity index (χ4n) is 1.73. The van der Waals surface area contributed by atoms with E-state index in [-0.39, 0.29) is 0 Å². The molecule has 0 amide bonds. The third kappa shape index (κ3) is 2.24. The zero-order chi connectivity index (χ0) is 12.3. The van der Waals surface area contributed by atoms with Gasteiger partial charge in [-0.25, -0.2) is 0 Å². The van der Waals surface area contributed by atoms with Gasteiger partial charge in [-0.05, 0) is 23.3 Å². The summed E-state index contributed by atoms with van der Waals surface area (Å²) >= 11 is 0. The third-order valence-corrected chi connectivity index (χ3v) is 2.58. The molecule has 1 heterocycles. The predicted molar refractivity (Wildman–Crippen MR) is 65.7 cm³/mol. The molecule has 5 heteroatoms. The third-order valence-electron chi connectivity index (χ3n) is 2.58. The highest BCUT2D eigenvalue weighted by molar-refractivity contribution is 5.76. The molecule has 1 aromatic carbocycles. The van der Waals surface area contributed by atoms with Crippen LogP contribution in [0.2, 0.25) is 0 Å². The van der Waals surface area contributed by atoms with Crippen LogP contribution in [-0.2, 0) is 11.3 Å². The summed E-state index contributed by atoms with van der Waals surface area (Å²) in [7, 11) is 3.29. The van der Waals surface area contributed by atoms with E-state index in [0.717, 1.165) is 22.4 Å². The van der Waals surface area contributed by atoms with Gasteiger partial charge < -0.3 is 15.2 Å². The number of aromatic amines is 1. The van der Waals surface area contributed by atoms with Crippen LogP contribution in [0, 0.1) is 0 Å². The van der Waals surface area contributed by atoms with Gasteiger partial charge in [-0.2, -0.15) is 5.10 Å². The van der Waals surface area contributed by atoms with Crippen LogP contribution in [0.4, 0.5) is 5.82 Å². The maximum Gasteiger partial charge on any atom is 0.126 e. The predicted octanol–water partition coefficient (Wildman–Crippen LogP) is 1.81. The fraction of sp³-hybridized carbons (Fsp3) is 0.250. The van der Waals surface area contributed by atoms with Crippen molar-refractivity contribution < 1.29 is 9.47 Å². The van der Waals surface area contributed by atoms with Crippen molar-refractivity contribution in [3.8, 4) is 16.9 Å². The molecule has 0 radical (unpaired) electrons. The molecule has 0 spiro atoms. The van der Waals surface area contributed by atoms with Gasteiger partial charge in [-0.1, -0.05) is 6.07 Å². The average molecular weight is 233 g/mol. The highest BCUT2D eigenvalue weighted by atomic mass is 16.5. The number of hydrogen-bond donors (Lipinski definition) is 2. The van der Waals surface area contributed by atoms with E-state index in [1.165, 1.54) is 0 Å². The minimum absolute atomic E-state index is 0.518. The van der Waals surface area contributed by atoms with Crippen LogP contribution in [0.3, 0.4) is 0 Å². The first-order valence-electron chi connectivity index (χ1n) is 5.21. The summed E-state index contributed by atoms with van der Waals surface area (Å²) in [4.78, 5) is 0. The fourth-order valence-corrected chi connectivity index (χ4v) is 1.73. The molecule has 0 aliphatic rings. The van der Waals surface area contributed by atoms with E-state index >= 15 is 0 Å². The largest absolute Gasteiger partial charge is 0.497 e. The Kier molecular flexibility index (Phi) is 3.30. The molecule has 0 bridgehead atoms. The van der Waals surface area contributed by atoms with Gasteiger partial charge in [0.2, 0.25) is 0 Å². The second-order valence-corrected chi connectivity index (χ2v) is 3.65. The molecule has 2 rings (SSSR count). The number of nitrogens with one attached hydrogen (secondary N) is 1. The minimum atomic E-state index is 0.518. The Morgan fingerprint density at radius 1 is 1.29 bits per heavy atom. The molecule has 0 aliphatic carbocycles. The molecular weight excluding hydrogens is 218 g/mol. The van der Waals surface area contributed by atoms with E-state index in [9.17, 15) is 0 Å². The number of nitrogen functional groups attached to an aromatic ring is 1. The van der Waals surface area contributed by atoms with Crippen molar-refractivity contribution in [2.24, 2.45) is 0 Å². The normalized spacial score (nSPS) is 10.5. The molecule has 0 unspecified atom stereocenters. The van der Waals surface area contributed by atoms with Crippen molar-refractivity contribution in [3.63, 3.8) is 0 Å². The van der Waals surface area contributed by atoms with Crippen LogP contribution < -0.4 is 10.5 Å². The molecule has 0 saturated carbocycles. The highest BCUT2D eigenvalue weighted by Crippen LogP contribution is 2.31. The zero-order valence-electron chi connectivity index (χ0n) is 9.86. The monoisotopic (exact) mass is 233 g/mol. The summed E-state index contributed by atoms with van der Waals surface area (Å²) in [5.74, 6) is 1.32. The van der Waals surface area contributed by atoms with Crippen LogP contribution in [0.15, 0.2) is 24.4 Å². The van der Waals surface area contributed by atoms with Gasteiger partial charge in [0.25, 0.3) is 0 Å². The van der Waals surface area contributed by atoms with Crippen LogP contribution in [0.1, 0.15) is 5.56 Å². The van der Waals surface area contributed by atoms with Crippen molar-refractivity contribution >= 4 is 5.82 Å². The first-order chi connectivity index (χ1) is 8.26. The molecule has 0 atom stereocenters. The van der Waals surface area contributed by atoms with E-state index in [0.29, 0.717) is 12.4 Å². The smallest absolute Gasteiger partial charge is 0.126 e. The highest BCUT2D eigenvalue weighted by Gasteiger charge is 2.11. The van der Waals surface area contributed by atoms with E-state index in [1.807, 2.05) is 18.2 Å². The number of aromatic nitrogens is 2. The van der Waals surface area contributed by atoms with Gasteiger partial charge in [0.1, 0.15) is 11.6 Å². The van der Waals surface area contributed by atoms with Crippen LogP contribution >= 0.6 is 0 Å². The number of nitrogens with two attached hydrogens (primary N) is 1. The molecule has 90 valence electrons. The topological polar surface area (TPSA) is 73.2 Å². The van der Waals surface area contributed by atoms with Gasteiger partial charge in [0.05, 0.1) is 19.9 Å².